The van der Waals surface area contributed by atoms with Gasteiger partial charge in [-0.15, -0.1) is 0 Å². The number of carbonyl (C=O) groups is 1. The molecule has 32 heavy (non-hydrogen) atoms. The van der Waals surface area contributed by atoms with Crippen molar-refractivity contribution in [2.45, 2.75) is 46.1 Å². The largest absolute Gasteiger partial charge is 0.461 e. The molecule has 1 aromatic carbocycles. The van der Waals surface area contributed by atoms with Gasteiger partial charge in [0.25, 0.3) is 0 Å². The van der Waals surface area contributed by atoms with Gasteiger partial charge in [0.2, 0.25) is 11.7 Å². The zero-order valence-corrected chi connectivity index (χ0v) is 18.1. The molecule has 0 aliphatic heterocycles. The van der Waals surface area contributed by atoms with E-state index in [-0.39, 0.29) is 19.4 Å². The van der Waals surface area contributed by atoms with E-state index in [4.69, 9.17) is 13.7 Å². The Balaban J connectivity index is 1.42. The van der Waals surface area contributed by atoms with E-state index in [0.717, 1.165) is 16.5 Å². The van der Waals surface area contributed by atoms with Gasteiger partial charge in [-0.25, -0.2) is 4.79 Å². The standard InChI is InChI=1S/C24H23N3O5/c1-14(2)17-12-18-16(11-23(29)31-20(18)10-15(17)3)13-30-22(28)8-7-21-26-24(27-32-21)19-6-4-5-9-25-19/h4-6,9-12,14H,7-8,13H2,1-3H3. The lowest BCUT2D eigenvalue weighted by Crippen LogP contribution is -2.09. The molecule has 0 N–H and O–H groups in total. The smallest absolute Gasteiger partial charge is 0.336 e. The maximum atomic E-state index is 12.3. The SMILES string of the molecule is Cc1cc2oc(=O)cc(COC(=O)CCc3nc(-c4ccccn4)no3)c2cc1C(C)C. The molecule has 3 heterocycles. The monoisotopic (exact) mass is 433 g/mol. The van der Waals surface area contributed by atoms with Crippen LogP contribution in [-0.2, 0) is 22.6 Å². The minimum Gasteiger partial charge on any atom is -0.461 e. The predicted molar refractivity (Wildman–Crippen MR) is 117 cm³/mol. The van der Waals surface area contributed by atoms with Gasteiger partial charge in [0, 0.05) is 29.6 Å². The van der Waals surface area contributed by atoms with Gasteiger partial charge in [-0.3, -0.25) is 9.78 Å². The number of hydrogen-bond donors (Lipinski definition) is 0. The van der Waals surface area contributed by atoms with E-state index in [1.54, 1.807) is 18.3 Å². The van der Waals surface area contributed by atoms with Crippen LogP contribution in [0.1, 0.15) is 48.8 Å². The van der Waals surface area contributed by atoms with Gasteiger partial charge in [-0.05, 0) is 48.2 Å². The minimum atomic E-state index is -0.479. The van der Waals surface area contributed by atoms with Crippen LogP contribution in [0.3, 0.4) is 0 Å². The molecule has 0 unspecified atom stereocenters. The lowest BCUT2D eigenvalue weighted by molar-refractivity contribution is -0.145. The quantitative estimate of drug-likeness (QED) is 0.313. The second-order valence-corrected chi connectivity index (χ2v) is 7.84. The summed E-state index contributed by atoms with van der Waals surface area (Å²) in [7, 11) is 0. The number of hydrogen-bond acceptors (Lipinski definition) is 8. The Bertz CT molecular complexity index is 1310. The molecule has 0 fully saturated rings. The second kappa shape index (κ2) is 9.13. The van der Waals surface area contributed by atoms with Gasteiger partial charge in [0.1, 0.15) is 17.9 Å². The average Bonchev–Trinajstić information content (AvgIpc) is 3.25. The van der Waals surface area contributed by atoms with Gasteiger partial charge in [-0.1, -0.05) is 25.1 Å². The molecule has 0 aliphatic rings. The number of carbonyl (C=O) groups excluding carboxylic acids is 1. The van der Waals surface area contributed by atoms with Crippen LogP contribution in [0.4, 0.5) is 0 Å². The summed E-state index contributed by atoms with van der Waals surface area (Å²) < 4.78 is 15.9. The molecule has 0 saturated carbocycles. The first-order valence-corrected chi connectivity index (χ1v) is 10.4. The van der Waals surface area contributed by atoms with Crippen molar-refractivity contribution in [3.8, 4) is 11.5 Å². The fourth-order valence-electron chi connectivity index (χ4n) is 3.53. The van der Waals surface area contributed by atoms with Crippen molar-refractivity contribution in [3.63, 3.8) is 0 Å². The molecule has 4 aromatic rings. The highest BCUT2D eigenvalue weighted by Gasteiger charge is 2.15. The van der Waals surface area contributed by atoms with E-state index in [1.165, 1.54) is 6.07 Å². The molecule has 3 aromatic heterocycles. The molecule has 164 valence electrons. The Morgan fingerprint density at radius 3 is 2.78 bits per heavy atom. The highest BCUT2D eigenvalue weighted by molar-refractivity contribution is 5.82. The summed E-state index contributed by atoms with van der Waals surface area (Å²) in [6.07, 6.45) is 1.95. The summed E-state index contributed by atoms with van der Waals surface area (Å²) in [6, 6.07) is 10.6. The Labute approximate surface area is 184 Å². The molecule has 4 rings (SSSR count). The van der Waals surface area contributed by atoms with E-state index in [9.17, 15) is 9.59 Å². The van der Waals surface area contributed by atoms with E-state index in [2.05, 4.69) is 29.0 Å². The Morgan fingerprint density at radius 2 is 2.03 bits per heavy atom. The second-order valence-electron chi connectivity index (χ2n) is 7.84. The first-order valence-electron chi connectivity index (χ1n) is 10.4. The summed E-state index contributed by atoms with van der Waals surface area (Å²) >= 11 is 0. The highest BCUT2D eigenvalue weighted by atomic mass is 16.5. The number of fused-ring (bicyclic) bond motifs is 1. The molecule has 8 nitrogen and oxygen atoms in total. The summed E-state index contributed by atoms with van der Waals surface area (Å²) in [5, 5.41) is 4.65. The number of aromatic nitrogens is 3. The van der Waals surface area contributed by atoms with Crippen molar-refractivity contribution in [2.24, 2.45) is 0 Å². The Kier molecular flexibility index (Phi) is 6.11. The molecule has 0 aliphatic carbocycles. The number of nitrogens with zero attached hydrogens (tertiary/aromatic N) is 3. The molecule has 0 atom stereocenters. The summed E-state index contributed by atoms with van der Waals surface area (Å²) in [5.41, 5.74) is 3.41. The molecule has 0 bridgehead atoms. The van der Waals surface area contributed by atoms with Crippen LogP contribution >= 0.6 is 0 Å². The Morgan fingerprint density at radius 1 is 1.19 bits per heavy atom. The van der Waals surface area contributed by atoms with Gasteiger partial charge < -0.3 is 13.7 Å². The van der Waals surface area contributed by atoms with Gasteiger partial charge in [0.15, 0.2) is 0 Å². The lowest BCUT2D eigenvalue weighted by Gasteiger charge is -2.13. The number of pyridine rings is 1. The normalized spacial score (nSPS) is 11.2. The third-order valence-corrected chi connectivity index (χ3v) is 5.13. The van der Waals surface area contributed by atoms with Crippen LogP contribution in [0.2, 0.25) is 0 Å². The maximum absolute atomic E-state index is 12.3. The van der Waals surface area contributed by atoms with Crippen molar-refractivity contribution in [1.82, 2.24) is 15.1 Å². The predicted octanol–water partition coefficient (Wildman–Crippen LogP) is 4.35. The molecule has 0 saturated heterocycles. The van der Waals surface area contributed by atoms with Crippen molar-refractivity contribution in [3.05, 3.63) is 75.6 Å². The number of esters is 1. The fourth-order valence-corrected chi connectivity index (χ4v) is 3.53. The molecular weight excluding hydrogens is 410 g/mol. The summed E-state index contributed by atoms with van der Waals surface area (Å²) in [5.74, 6) is 0.574. The van der Waals surface area contributed by atoms with Crippen molar-refractivity contribution < 1.29 is 18.5 Å². The maximum Gasteiger partial charge on any atom is 0.336 e. The van der Waals surface area contributed by atoms with Crippen LogP contribution in [0.5, 0.6) is 0 Å². The number of ether oxygens (including phenoxy) is 1. The first-order chi connectivity index (χ1) is 15.4. The first kappa shape index (κ1) is 21.4. The van der Waals surface area contributed by atoms with Crippen molar-refractivity contribution in [1.29, 1.82) is 0 Å². The fraction of sp³-hybridized carbons (Fsp3) is 0.292. The molecule has 0 amide bonds. The van der Waals surface area contributed by atoms with Crippen molar-refractivity contribution >= 4 is 16.9 Å². The number of rotatable bonds is 7. The van der Waals surface area contributed by atoms with E-state index in [1.807, 2.05) is 25.1 Å². The minimum absolute atomic E-state index is 0.0233. The van der Waals surface area contributed by atoms with Crippen LogP contribution in [0.15, 0.2) is 56.3 Å². The molecule has 8 heteroatoms. The summed E-state index contributed by atoms with van der Waals surface area (Å²) in [6.45, 7) is 6.16. The number of benzene rings is 1. The Hall–Kier alpha value is -3.81. The van der Waals surface area contributed by atoms with Gasteiger partial charge >= 0.3 is 11.6 Å². The van der Waals surface area contributed by atoms with Crippen molar-refractivity contribution in [2.75, 3.05) is 0 Å². The summed E-state index contributed by atoms with van der Waals surface area (Å²) in [4.78, 5) is 32.7. The van der Waals surface area contributed by atoms with Gasteiger partial charge in [0.05, 0.1) is 6.42 Å². The lowest BCUT2D eigenvalue weighted by atomic mass is 9.95. The molecule has 0 radical (unpaired) electrons. The van der Waals surface area contributed by atoms with E-state index < -0.39 is 11.6 Å². The number of aryl methyl sites for hydroxylation is 2. The highest BCUT2D eigenvalue weighted by Crippen LogP contribution is 2.27. The van der Waals surface area contributed by atoms with Gasteiger partial charge in [-0.2, -0.15) is 4.98 Å². The van der Waals surface area contributed by atoms with E-state index in [0.29, 0.717) is 34.5 Å². The van der Waals surface area contributed by atoms with Crippen LogP contribution < -0.4 is 5.63 Å². The topological polar surface area (TPSA) is 108 Å². The van der Waals surface area contributed by atoms with Crippen LogP contribution in [-0.4, -0.2) is 21.1 Å². The van der Waals surface area contributed by atoms with E-state index >= 15 is 0 Å². The zero-order chi connectivity index (χ0) is 22.7. The van der Waals surface area contributed by atoms with Crippen LogP contribution in [0.25, 0.3) is 22.5 Å². The third-order valence-electron chi connectivity index (χ3n) is 5.13. The van der Waals surface area contributed by atoms with Crippen LogP contribution in [0, 0.1) is 6.92 Å². The third kappa shape index (κ3) is 4.74. The molecular formula is C24H23N3O5. The zero-order valence-electron chi connectivity index (χ0n) is 18.1. The average molecular weight is 433 g/mol. The molecule has 0 spiro atoms.